The Morgan fingerprint density at radius 2 is 1.50 bits per heavy atom. The summed E-state index contributed by atoms with van der Waals surface area (Å²) in [6.45, 7) is 8.12. The van der Waals surface area contributed by atoms with Crippen molar-refractivity contribution in [1.82, 2.24) is 10.6 Å². The van der Waals surface area contributed by atoms with Crippen LogP contribution >= 0.6 is 22.6 Å². The van der Waals surface area contributed by atoms with Gasteiger partial charge in [-0.3, -0.25) is 4.79 Å². The summed E-state index contributed by atoms with van der Waals surface area (Å²) >= 11 is 2.31. The summed E-state index contributed by atoms with van der Waals surface area (Å²) in [5.41, 5.74) is -0.496. The van der Waals surface area contributed by atoms with Gasteiger partial charge in [0.1, 0.15) is 5.60 Å². The largest absolute Gasteiger partial charge is 0.444 e. The van der Waals surface area contributed by atoms with Crippen LogP contribution in [-0.2, 0) is 19.0 Å². The minimum atomic E-state index is -0.496. The van der Waals surface area contributed by atoms with Crippen molar-refractivity contribution in [2.75, 3.05) is 43.9 Å². The van der Waals surface area contributed by atoms with E-state index in [2.05, 4.69) is 33.2 Å². The Labute approximate surface area is 158 Å². The first-order valence-electron chi connectivity index (χ1n) is 8.30. The van der Waals surface area contributed by atoms with Gasteiger partial charge in [0.2, 0.25) is 5.91 Å². The van der Waals surface area contributed by atoms with Gasteiger partial charge in [-0.2, -0.15) is 0 Å². The molecule has 0 aliphatic rings. The van der Waals surface area contributed by atoms with Gasteiger partial charge in [0.05, 0.1) is 26.4 Å². The number of carbonyl (C=O) groups is 2. The molecule has 0 bridgehead atoms. The summed E-state index contributed by atoms with van der Waals surface area (Å²) in [5.74, 6) is 0.0768. The van der Waals surface area contributed by atoms with E-state index in [1.807, 2.05) is 20.8 Å². The first kappa shape index (κ1) is 23.4. The Hall–Kier alpha value is -0.610. The molecular formula is C16H31IN2O5. The summed E-state index contributed by atoms with van der Waals surface area (Å²) in [4.78, 5) is 22.8. The zero-order valence-electron chi connectivity index (χ0n) is 15.0. The standard InChI is InChI=1S/C16H31IN2O5/c1-16(2,3)24-15(21)19-9-11-23-13-12-22-10-8-18-14(20)6-4-5-7-17/h4-13H2,1-3H3,(H,18,20)(H,19,21). The van der Waals surface area contributed by atoms with Crippen LogP contribution in [0.25, 0.3) is 0 Å². The molecule has 0 saturated heterocycles. The van der Waals surface area contributed by atoms with Crippen LogP contribution in [-0.4, -0.2) is 61.5 Å². The molecule has 2 amide bonds. The highest BCUT2D eigenvalue weighted by Gasteiger charge is 2.15. The molecule has 0 saturated carbocycles. The molecule has 0 heterocycles. The molecule has 0 radical (unpaired) electrons. The van der Waals surface area contributed by atoms with Gasteiger partial charge in [-0.05, 0) is 38.0 Å². The van der Waals surface area contributed by atoms with Crippen LogP contribution in [0.3, 0.4) is 0 Å². The molecule has 0 aromatic rings. The summed E-state index contributed by atoms with van der Waals surface area (Å²) in [6.07, 6.45) is 2.14. The number of rotatable bonds is 13. The lowest BCUT2D eigenvalue weighted by molar-refractivity contribution is -0.121. The topological polar surface area (TPSA) is 85.9 Å². The maximum Gasteiger partial charge on any atom is 0.407 e. The molecule has 7 nitrogen and oxygen atoms in total. The minimum absolute atomic E-state index is 0.0768. The zero-order chi connectivity index (χ0) is 18.3. The molecule has 0 aliphatic carbocycles. The van der Waals surface area contributed by atoms with Gasteiger partial charge < -0.3 is 24.8 Å². The number of carbonyl (C=O) groups excluding carboxylic acids is 2. The molecule has 142 valence electrons. The van der Waals surface area contributed by atoms with E-state index < -0.39 is 11.7 Å². The fraction of sp³-hybridized carbons (Fsp3) is 0.875. The molecule has 0 spiro atoms. The third kappa shape index (κ3) is 17.7. The maximum absolute atomic E-state index is 11.4. The van der Waals surface area contributed by atoms with E-state index in [1.54, 1.807) is 0 Å². The molecule has 8 heteroatoms. The van der Waals surface area contributed by atoms with Crippen molar-refractivity contribution < 1.29 is 23.8 Å². The fourth-order valence-electron chi connectivity index (χ4n) is 1.59. The lowest BCUT2D eigenvalue weighted by atomic mass is 10.2. The summed E-state index contributed by atoms with van der Waals surface area (Å²) in [5, 5.41) is 5.42. The molecule has 0 rings (SSSR count). The number of halogens is 1. The number of hydrogen-bond acceptors (Lipinski definition) is 5. The number of alkyl carbamates (subject to hydrolysis) is 1. The molecular weight excluding hydrogens is 427 g/mol. The van der Waals surface area contributed by atoms with E-state index in [0.717, 1.165) is 17.3 Å². The van der Waals surface area contributed by atoms with Crippen LogP contribution in [0.5, 0.6) is 0 Å². The lowest BCUT2D eigenvalue weighted by Gasteiger charge is -2.19. The number of unbranched alkanes of at least 4 members (excludes halogenated alkanes) is 1. The zero-order valence-corrected chi connectivity index (χ0v) is 17.1. The second-order valence-corrected chi connectivity index (χ2v) is 7.23. The number of ether oxygens (including phenoxy) is 3. The molecule has 2 N–H and O–H groups in total. The van der Waals surface area contributed by atoms with Crippen LogP contribution in [0.1, 0.15) is 40.0 Å². The van der Waals surface area contributed by atoms with Gasteiger partial charge in [0.15, 0.2) is 0 Å². The van der Waals surface area contributed by atoms with Crippen molar-refractivity contribution >= 4 is 34.6 Å². The second-order valence-electron chi connectivity index (χ2n) is 6.15. The predicted octanol–water partition coefficient (Wildman–Crippen LogP) is 2.27. The van der Waals surface area contributed by atoms with Crippen LogP contribution < -0.4 is 10.6 Å². The SMILES string of the molecule is CC(C)(C)OC(=O)NCCOCCOCCNC(=O)CCCCI. The smallest absolute Gasteiger partial charge is 0.407 e. The Bertz CT molecular complexity index is 348. The lowest BCUT2D eigenvalue weighted by Crippen LogP contribution is -2.34. The van der Waals surface area contributed by atoms with Gasteiger partial charge in [-0.15, -0.1) is 0 Å². The molecule has 0 fully saturated rings. The molecule has 0 aliphatic heterocycles. The van der Waals surface area contributed by atoms with Crippen LogP contribution in [0.15, 0.2) is 0 Å². The van der Waals surface area contributed by atoms with Crippen molar-refractivity contribution in [2.45, 2.75) is 45.6 Å². The van der Waals surface area contributed by atoms with Gasteiger partial charge in [-0.1, -0.05) is 22.6 Å². The normalized spacial score (nSPS) is 11.2. The molecule has 0 unspecified atom stereocenters. The van der Waals surface area contributed by atoms with Crippen molar-refractivity contribution in [2.24, 2.45) is 0 Å². The van der Waals surface area contributed by atoms with Gasteiger partial charge in [0.25, 0.3) is 0 Å². The monoisotopic (exact) mass is 458 g/mol. The van der Waals surface area contributed by atoms with Gasteiger partial charge in [0, 0.05) is 19.5 Å². The summed E-state index contributed by atoms with van der Waals surface area (Å²) < 4.78 is 16.9. The number of alkyl halides is 1. The predicted molar refractivity (Wildman–Crippen MR) is 102 cm³/mol. The second kappa shape index (κ2) is 14.7. The van der Waals surface area contributed by atoms with Crippen molar-refractivity contribution in [3.8, 4) is 0 Å². The highest BCUT2D eigenvalue weighted by Crippen LogP contribution is 2.06. The highest BCUT2D eigenvalue weighted by molar-refractivity contribution is 14.1. The van der Waals surface area contributed by atoms with Crippen LogP contribution in [0.2, 0.25) is 0 Å². The Kier molecular flexibility index (Phi) is 14.3. The molecule has 0 atom stereocenters. The third-order valence-electron chi connectivity index (χ3n) is 2.64. The number of amides is 2. The van der Waals surface area contributed by atoms with Crippen LogP contribution in [0.4, 0.5) is 4.79 Å². The average Bonchev–Trinajstić information content (AvgIpc) is 2.47. The van der Waals surface area contributed by atoms with Gasteiger partial charge in [-0.25, -0.2) is 4.79 Å². The number of hydrogen-bond donors (Lipinski definition) is 2. The van der Waals surface area contributed by atoms with Crippen LogP contribution in [0, 0.1) is 0 Å². The van der Waals surface area contributed by atoms with E-state index in [1.165, 1.54) is 0 Å². The van der Waals surface area contributed by atoms with E-state index in [9.17, 15) is 9.59 Å². The van der Waals surface area contributed by atoms with Crippen molar-refractivity contribution in [3.05, 3.63) is 0 Å². The third-order valence-corrected chi connectivity index (χ3v) is 3.41. The van der Waals surface area contributed by atoms with Crippen molar-refractivity contribution in [1.29, 1.82) is 0 Å². The first-order valence-corrected chi connectivity index (χ1v) is 9.82. The maximum atomic E-state index is 11.4. The Balaban J connectivity index is 3.28. The Morgan fingerprint density at radius 3 is 2.04 bits per heavy atom. The molecule has 0 aromatic carbocycles. The summed E-state index contributed by atoms with van der Waals surface area (Å²) in [7, 11) is 0. The van der Waals surface area contributed by atoms with Gasteiger partial charge >= 0.3 is 6.09 Å². The van der Waals surface area contributed by atoms with E-state index >= 15 is 0 Å². The quantitative estimate of drug-likeness (QED) is 0.251. The Morgan fingerprint density at radius 1 is 0.917 bits per heavy atom. The highest BCUT2D eigenvalue weighted by atomic mass is 127. The van der Waals surface area contributed by atoms with E-state index in [0.29, 0.717) is 45.9 Å². The van der Waals surface area contributed by atoms with E-state index in [4.69, 9.17) is 14.2 Å². The minimum Gasteiger partial charge on any atom is -0.444 e. The number of nitrogens with one attached hydrogen (secondary N) is 2. The van der Waals surface area contributed by atoms with E-state index in [-0.39, 0.29) is 5.91 Å². The average molecular weight is 458 g/mol. The fourth-order valence-corrected chi connectivity index (χ4v) is 2.13. The molecule has 0 aromatic heterocycles. The molecule has 24 heavy (non-hydrogen) atoms. The van der Waals surface area contributed by atoms with Crippen molar-refractivity contribution in [3.63, 3.8) is 0 Å². The first-order chi connectivity index (χ1) is 11.3. The summed E-state index contributed by atoms with van der Waals surface area (Å²) in [6, 6.07) is 0.